The topological polar surface area (TPSA) is 52.3 Å². The van der Waals surface area contributed by atoms with Crippen LogP contribution in [0.2, 0.25) is 0 Å². The van der Waals surface area contributed by atoms with Crippen LogP contribution < -0.4 is 0 Å². The van der Waals surface area contributed by atoms with E-state index in [1.807, 2.05) is 0 Å². The third-order valence-electron chi connectivity index (χ3n) is 1.86. The Bertz CT molecular complexity index is 492. The molecule has 0 saturated carbocycles. The van der Waals surface area contributed by atoms with E-state index in [0.29, 0.717) is 5.39 Å². The van der Waals surface area contributed by atoms with Gasteiger partial charge in [-0.25, -0.2) is 9.18 Å². The average Bonchev–Trinajstić information content (AvgIpc) is 2.64. The highest BCUT2D eigenvalue weighted by Crippen LogP contribution is 2.21. The molecule has 2 rings (SSSR count). The molecule has 0 fully saturated rings. The fraction of sp³-hybridized carbons (Fsp3) is 0.111. The molecule has 0 unspecified atom stereocenters. The molecule has 0 atom stereocenters. The smallest absolute Gasteiger partial charge is 0.344 e. The van der Waals surface area contributed by atoms with Crippen LogP contribution in [0.3, 0.4) is 0 Å². The van der Waals surface area contributed by atoms with Crippen LogP contribution in [0, 0.1) is 5.82 Å². The zero-order chi connectivity index (χ0) is 10.1. The van der Waals surface area contributed by atoms with Crippen molar-refractivity contribution < 1.29 is 18.4 Å². The molecule has 0 spiro atoms. The summed E-state index contributed by atoms with van der Waals surface area (Å²) in [7, 11) is 1.18. The maximum absolute atomic E-state index is 13.2. The van der Waals surface area contributed by atoms with Crippen LogP contribution in [-0.4, -0.2) is 18.2 Å². The molecule has 0 aliphatic heterocycles. The zero-order valence-electron chi connectivity index (χ0n) is 7.28. The number of carbonyl (C=O) groups excluding carboxylic acids is 1. The van der Waals surface area contributed by atoms with Gasteiger partial charge in [-0.2, -0.15) is 0 Å². The first kappa shape index (κ1) is 8.68. The summed E-state index contributed by atoms with van der Waals surface area (Å²) in [5.74, 6) is -1.45. The molecule has 0 amide bonds. The normalized spacial score (nSPS) is 10.4. The van der Waals surface area contributed by atoms with Crippen LogP contribution in [0.1, 0.15) is 10.4 Å². The highest BCUT2D eigenvalue weighted by atomic mass is 19.1. The zero-order valence-corrected chi connectivity index (χ0v) is 7.28. The summed E-state index contributed by atoms with van der Waals surface area (Å²) in [4.78, 5) is 11.2. The minimum atomic E-state index is -0.773. The molecule has 1 aromatic heterocycles. The Kier molecular flexibility index (Phi) is 1.92. The standard InChI is InChI=1S/C9H6FNO3/c1-13-9(12)7-6(10)3-2-5-4-11-14-8(5)7/h2-4H,1H3. The number of carbonyl (C=O) groups is 1. The van der Waals surface area contributed by atoms with E-state index in [9.17, 15) is 9.18 Å². The molecule has 4 nitrogen and oxygen atoms in total. The average molecular weight is 195 g/mol. The molecule has 1 heterocycles. The Morgan fingerprint density at radius 3 is 3.07 bits per heavy atom. The van der Waals surface area contributed by atoms with Gasteiger partial charge in [0.05, 0.1) is 13.3 Å². The Labute approximate surface area is 78.2 Å². The van der Waals surface area contributed by atoms with Gasteiger partial charge in [0.2, 0.25) is 0 Å². The minimum absolute atomic E-state index is 0.108. The van der Waals surface area contributed by atoms with Gasteiger partial charge in [0.25, 0.3) is 0 Å². The van der Waals surface area contributed by atoms with Crippen molar-refractivity contribution in [3.8, 4) is 0 Å². The molecule has 0 radical (unpaired) electrons. The van der Waals surface area contributed by atoms with Gasteiger partial charge in [-0.05, 0) is 12.1 Å². The quantitative estimate of drug-likeness (QED) is 0.650. The van der Waals surface area contributed by atoms with Crippen LogP contribution in [0.25, 0.3) is 11.0 Å². The third kappa shape index (κ3) is 1.14. The maximum Gasteiger partial charge on any atom is 0.344 e. The molecule has 0 saturated heterocycles. The van der Waals surface area contributed by atoms with Crippen molar-refractivity contribution in [1.29, 1.82) is 0 Å². The summed E-state index contributed by atoms with van der Waals surface area (Å²) in [6.45, 7) is 0. The first-order valence-corrected chi connectivity index (χ1v) is 3.85. The van der Waals surface area contributed by atoms with E-state index >= 15 is 0 Å². The lowest BCUT2D eigenvalue weighted by Crippen LogP contribution is -2.04. The fourth-order valence-corrected chi connectivity index (χ4v) is 1.20. The number of halogens is 1. The number of hydrogen-bond acceptors (Lipinski definition) is 4. The summed E-state index contributed by atoms with van der Waals surface area (Å²) in [6, 6.07) is 2.65. The van der Waals surface area contributed by atoms with Crippen LogP contribution in [0.15, 0.2) is 22.9 Å². The van der Waals surface area contributed by atoms with Gasteiger partial charge in [0.15, 0.2) is 5.58 Å². The van der Waals surface area contributed by atoms with Crippen LogP contribution >= 0.6 is 0 Å². The van der Waals surface area contributed by atoms with Crippen molar-refractivity contribution in [3.63, 3.8) is 0 Å². The number of ether oxygens (including phenoxy) is 1. The first-order chi connectivity index (χ1) is 6.74. The molecular weight excluding hydrogens is 189 g/mol. The second kappa shape index (κ2) is 3.10. The maximum atomic E-state index is 13.2. The third-order valence-corrected chi connectivity index (χ3v) is 1.86. The number of aromatic nitrogens is 1. The fourth-order valence-electron chi connectivity index (χ4n) is 1.20. The molecule has 0 aliphatic rings. The summed E-state index contributed by atoms with van der Waals surface area (Å²) in [5.41, 5.74) is -0.112. The SMILES string of the molecule is COC(=O)c1c(F)ccc2cnoc12. The van der Waals surface area contributed by atoms with Crippen molar-refractivity contribution >= 4 is 16.9 Å². The number of nitrogens with zero attached hydrogens (tertiary/aromatic N) is 1. The van der Waals surface area contributed by atoms with Crippen molar-refractivity contribution in [3.05, 3.63) is 29.7 Å². The van der Waals surface area contributed by atoms with E-state index < -0.39 is 11.8 Å². The number of hydrogen-bond donors (Lipinski definition) is 0. The van der Waals surface area contributed by atoms with E-state index in [-0.39, 0.29) is 11.1 Å². The molecule has 14 heavy (non-hydrogen) atoms. The molecular formula is C9H6FNO3. The van der Waals surface area contributed by atoms with E-state index in [4.69, 9.17) is 4.52 Å². The van der Waals surface area contributed by atoms with Gasteiger partial charge in [-0.1, -0.05) is 5.16 Å². The summed E-state index contributed by atoms with van der Waals surface area (Å²) in [6.07, 6.45) is 1.40. The van der Waals surface area contributed by atoms with Gasteiger partial charge in [-0.3, -0.25) is 0 Å². The molecule has 2 aromatic rings. The largest absolute Gasteiger partial charge is 0.465 e. The molecule has 72 valence electrons. The lowest BCUT2D eigenvalue weighted by Gasteiger charge is -1.99. The predicted molar refractivity (Wildman–Crippen MR) is 45.3 cm³/mol. The van der Waals surface area contributed by atoms with Gasteiger partial charge >= 0.3 is 5.97 Å². The predicted octanol–water partition coefficient (Wildman–Crippen LogP) is 1.75. The first-order valence-electron chi connectivity index (χ1n) is 3.85. The molecule has 1 aromatic carbocycles. The Morgan fingerprint density at radius 2 is 2.36 bits per heavy atom. The van der Waals surface area contributed by atoms with Gasteiger partial charge in [0, 0.05) is 5.39 Å². The van der Waals surface area contributed by atoms with Gasteiger partial charge in [0.1, 0.15) is 11.4 Å². The van der Waals surface area contributed by atoms with E-state index in [1.165, 1.54) is 25.4 Å². The number of methoxy groups -OCH3 is 1. The van der Waals surface area contributed by atoms with Gasteiger partial charge in [-0.15, -0.1) is 0 Å². The number of esters is 1. The second-order valence-electron chi connectivity index (χ2n) is 2.66. The van der Waals surface area contributed by atoms with Crippen molar-refractivity contribution in [2.24, 2.45) is 0 Å². The van der Waals surface area contributed by atoms with Crippen LogP contribution in [-0.2, 0) is 4.74 Å². The molecule has 5 heteroatoms. The summed E-state index contributed by atoms with van der Waals surface area (Å²) >= 11 is 0. The molecule has 0 bridgehead atoms. The highest BCUT2D eigenvalue weighted by Gasteiger charge is 2.19. The lowest BCUT2D eigenvalue weighted by molar-refractivity contribution is 0.0596. The lowest BCUT2D eigenvalue weighted by atomic mass is 10.1. The monoisotopic (exact) mass is 195 g/mol. The van der Waals surface area contributed by atoms with Crippen LogP contribution in [0.4, 0.5) is 4.39 Å². The second-order valence-corrected chi connectivity index (χ2v) is 2.66. The van der Waals surface area contributed by atoms with Crippen molar-refractivity contribution in [2.45, 2.75) is 0 Å². The Hall–Kier alpha value is -1.91. The van der Waals surface area contributed by atoms with Crippen LogP contribution in [0.5, 0.6) is 0 Å². The summed E-state index contributed by atoms with van der Waals surface area (Å²) in [5, 5.41) is 4.03. The number of benzene rings is 1. The minimum Gasteiger partial charge on any atom is -0.465 e. The van der Waals surface area contributed by atoms with Crippen molar-refractivity contribution in [1.82, 2.24) is 5.16 Å². The Morgan fingerprint density at radius 1 is 1.57 bits per heavy atom. The molecule has 0 N–H and O–H groups in total. The summed E-state index contributed by atoms with van der Waals surface area (Å²) < 4.78 is 22.4. The van der Waals surface area contributed by atoms with E-state index in [1.54, 1.807) is 0 Å². The Balaban J connectivity index is 2.76. The number of rotatable bonds is 1. The van der Waals surface area contributed by atoms with Crippen molar-refractivity contribution in [2.75, 3.05) is 7.11 Å². The van der Waals surface area contributed by atoms with E-state index in [0.717, 1.165) is 0 Å². The highest BCUT2D eigenvalue weighted by molar-refractivity contribution is 6.01. The molecule has 0 aliphatic carbocycles. The number of fused-ring (bicyclic) bond motifs is 1. The van der Waals surface area contributed by atoms with E-state index in [2.05, 4.69) is 9.89 Å². The van der Waals surface area contributed by atoms with Gasteiger partial charge < -0.3 is 9.26 Å².